The molecule has 25 heavy (non-hydrogen) atoms. The molecule has 1 aromatic carbocycles. The molecule has 0 aliphatic carbocycles. The Balaban J connectivity index is 2.05. The number of likely N-dealkylation sites (N-methyl/N-ethyl adjacent to an activating group) is 1. The van der Waals surface area contributed by atoms with Crippen molar-refractivity contribution in [2.75, 3.05) is 18.4 Å². The first-order chi connectivity index (χ1) is 12.0. The number of rotatable bonds is 7. The van der Waals surface area contributed by atoms with E-state index in [9.17, 15) is 9.59 Å². The maximum Gasteiger partial charge on any atom is 0.274 e. The molecule has 0 unspecified atom stereocenters. The molecule has 8 heteroatoms. The topological polar surface area (TPSA) is 78.1 Å². The van der Waals surface area contributed by atoms with Gasteiger partial charge >= 0.3 is 0 Å². The third-order valence-corrected chi connectivity index (χ3v) is 4.23. The predicted octanol–water partition coefficient (Wildman–Crippen LogP) is 3.77. The molecule has 0 aliphatic rings. The first-order valence-electron chi connectivity index (χ1n) is 8.03. The van der Waals surface area contributed by atoms with Gasteiger partial charge in [-0.3, -0.25) is 14.7 Å². The van der Waals surface area contributed by atoms with Crippen LogP contribution in [0.25, 0.3) is 0 Å². The number of para-hydroxylation sites is 1. The summed E-state index contributed by atoms with van der Waals surface area (Å²) in [5, 5.41) is 10.2. The van der Waals surface area contributed by atoms with Gasteiger partial charge < -0.3 is 10.2 Å². The zero-order valence-corrected chi connectivity index (χ0v) is 15.6. The van der Waals surface area contributed by atoms with E-state index in [2.05, 4.69) is 15.5 Å². The number of anilines is 1. The minimum absolute atomic E-state index is 0.118. The highest BCUT2D eigenvalue weighted by atomic mass is 35.5. The highest BCUT2D eigenvalue weighted by Crippen LogP contribution is 2.29. The smallest absolute Gasteiger partial charge is 0.274 e. The highest BCUT2D eigenvalue weighted by Gasteiger charge is 2.20. The molecule has 0 saturated carbocycles. The molecular weight excluding hydrogens is 363 g/mol. The number of aromatic nitrogens is 2. The molecule has 0 saturated heterocycles. The second-order valence-corrected chi connectivity index (χ2v) is 6.31. The Kier molecular flexibility index (Phi) is 6.84. The van der Waals surface area contributed by atoms with Crippen LogP contribution in [0.3, 0.4) is 0 Å². The molecule has 2 aromatic rings. The van der Waals surface area contributed by atoms with Gasteiger partial charge in [0.1, 0.15) is 12.2 Å². The van der Waals surface area contributed by atoms with Crippen molar-refractivity contribution in [2.45, 2.75) is 26.7 Å². The van der Waals surface area contributed by atoms with Crippen molar-refractivity contribution in [1.29, 1.82) is 0 Å². The Hall–Kier alpha value is -2.05. The van der Waals surface area contributed by atoms with Crippen LogP contribution >= 0.6 is 23.2 Å². The van der Waals surface area contributed by atoms with Crippen LogP contribution in [0.5, 0.6) is 0 Å². The fourth-order valence-corrected chi connectivity index (χ4v) is 2.82. The third kappa shape index (κ3) is 4.96. The number of H-pyrrole nitrogens is 1. The summed E-state index contributed by atoms with van der Waals surface area (Å²) >= 11 is 12.1. The SMILES string of the molecule is CCCc1cc(C(=O)N(CC)CC(=O)Nc2c(Cl)cccc2Cl)n[nH]1. The van der Waals surface area contributed by atoms with Gasteiger partial charge in [0, 0.05) is 12.2 Å². The van der Waals surface area contributed by atoms with Gasteiger partial charge in [0.15, 0.2) is 0 Å². The maximum absolute atomic E-state index is 12.5. The fraction of sp³-hybridized carbons (Fsp3) is 0.353. The van der Waals surface area contributed by atoms with Gasteiger partial charge in [-0.05, 0) is 31.5 Å². The van der Waals surface area contributed by atoms with Crippen molar-refractivity contribution in [2.24, 2.45) is 0 Å². The first-order valence-corrected chi connectivity index (χ1v) is 8.79. The summed E-state index contributed by atoms with van der Waals surface area (Å²) in [6.07, 6.45) is 1.77. The van der Waals surface area contributed by atoms with E-state index in [-0.39, 0.29) is 18.4 Å². The lowest BCUT2D eigenvalue weighted by atomic mass is 10.2. The Bertz CT molecular complexity index is 741. The maximum atomic E-state index is 12.5. The van der Waals surface area contributed by atoms with Crippen molar-refractivity contribution in [1.82, 2.24) is 15.1 Å². The number of nitrogens with zero attached hydrogens (tertiary/aromatic N) is 2. The number of halogens is 2. The highest BCUT2D eigenvalue weighted by molar-refractivity contribution is 6.39. The number of hydrogen-bond donors (Lipinski definition) is 2. The molecular formula is C17H20Cl2N4O2. The summed E-state index contributed by atoms with van der Waals surface area (Å²) in [7, 11) is 0. The molecule has 0 fully saturated rings. The van der Waals surface area contributed by atoms with Crippen LogP contribution in [0.15, 0.2) is 24.3 Å². The number of carbonyl (C=O) groups excluding carboxylic acids is 2. The third-order valence-electron chi connectivity index (χ3n) is 3.60. The van der Waals surface area contributed by atoms with Gasteiger partial charge in [-0.1, -0.05) is 42.6 Å². The number of benzene rings is 1. The van der Waals surface area contributed by atoms with Crippen LogP contribution in [0.4, 0.5) is 5.69 Å². The van der Waals surface area contributed by atoms with E-state index in [1.807, 2.05) is 6.92 Å². The predicted molar refractivity (Wildman–Crippen MR) is 99.3 cm³/mol. The minimum Gasteiger partial charge on any atom is -0.328 e. The van der Waals surface area contributed by atoms with Gasteiger partial charge in [-0.25, -0.2) is 0 Å². The van der Waals surface area contributed by atoms with Crippen LogP contribution in [0.1, 0.15) is 36.5 Å². The van der Waals surface area contributed by atoms with Crippen molar-refractivity contribution in [3.8, 4) is 0 Å². The lowest BCUT2D eigenvalue weighted by Gasteiger charge is -2.19. The largest absolute Gasteiger partial charge is 0.328 e. The van der Waals surface area contributed by atoms with Gasteiger partial charge in [-0.15, -0.1) is 0 Å². The van der Waals surface area contributed by atoms with Crippen molar-refractivity contribution >= 4 is 40.7 Å². The Morgan fingerprint density at radius 3 is 2.52 bits per heavy atom. The van der Waals surface area contributed by atoms with E-state index in [1.54, 1.807) is 31.2 Å². The van der Waals surface area contributed by atoms with Gasteiger partial charge in [0.05, 0.1) is 15.7 Å². The second kappa shape index (κ2) is 8.87. The van der Waals surface area contributed by atoms with E-state index in [4.69, 9.17) is 23.2 Å². The number of hydrogen-bond acceptors (Lipinski definition) is 3. The van der Waals surface area contributed by atoms with E-state index >= 15 is 0 Å². The molecule has 1 aromatic heterocycles. The van der Waals surface area contributed by atoms with E-state index < -0.39 is 0 Å². The zero-order valence-electron chi connectivity index (χ0n) is 14.1. The summed E-state index contributed by atoms with van der Waals surface area (Å²) in [5.41, 5.74) is 1.53. The number of aryl methyl sites for hydroxylation is 1. The van der Waals surface area contributed by atoms with Gasteiger partial charge in [0.2, 0.25) is 5.91 Å². The van der Waals surface area contributed by atoms with E-state index in [1.165, 1.54) is 4.90 Å². The molecule has 0 spiro atoms. The summed E-state index contributed by atoms with van der Waals surface area (Å²) < 4.78 is 0. The monoisotopic (exact) mass is 382 g/mol. The summed E-state index contributed by atoms with van der Waals surface area (Å²) in [6.45, 7) is 4.10. The van der Waals surface area contributed by atoms with Crippen molar-refractivity contribution < 1.29 is 9.59 Å². The molecule has 6 nitrogen and oxygen atoms in total. The quantitative estimate of drug-likeness (QED) is 0.764. The molecule has 134 valence electrons. The normalized spacial score (nSPS) is 10.6. The number of amides is 2. The lowest BCUT2D eigenvalue weighted by Crippen LogP contribution is -2.38. The first kappa shape index (κ1) is 19.3. The Labute approximate surface area is 156 Å². The summed E-state index contributed by atoms with van der Waals surface area (Å²) in [4.78, 5) is 26.2. The molecule has 0 atom stereocenters. The molecule has 0 aliphatic heterocycles. The molecule has 2 rings (SSSR count). The number of nitrogens with one attached hydrogen (secondary N) is 2. The Morgan fingerprint density at radius 2 is 1.92 bits per heavy atom. The van der Waals surface area contributed by atoms with Crippen LogP contribution in [0, 0.1) is 0 Å². The molecule has 0 radical (unpaired) electrons. The van der Waals surface area contributed by atoms with Crippen LogP contribution in [0.2, 0.25) is 10.0 Å². The number of carbonyl (C=O) groups is 2. The lowest BCUT2D eigenvalue weighted by molar-refractivity contribution is -0.116. The van der Waals surface area contributed by atoms with E-state index in [0.29, 0.717) is 28.0 Å². The molecule has 2 amide bonds. The average molecular weight is 383 g/mol. The standard InChI is InChI=1S/C17H20Cl2N4O2/c1-3-6-11-9-14(22-21-11)17(25)23(4-2)10-15(24)20-16-12(18)7-5-8-13(16)19/h5,7-9H,3-4,6,10H2,1-2H3,(H,20,24)(H,21,22). The van der Waals surface area contributed by atoms with Crippen LogP contribution in [-0.2, 0) is 11.2 Å². The van der Waals surface area contributed by atoms with Crippen LogP contribution in [-0.4, -0.2) is 40.0 Å². The minimum atomic E-state index is -0.380. The van der Waals surface area contributed by atoms with Crippen LogP contribution < -0.4 is 5.32 Å². The summed E-state index contributed by atoms with van der Waals surface area (Å²) in [6, 6.07) is 6.67. The average Bonchev–Trinajstić information content (AvgIpc) is 3.04. The fourth-order valence-electron chi connectivity index (χ4n) is 2.33. The summed E-state index contributed by atoms with van der Waals surface area (Å²) in [5.74, 6) is -0.684. The Morgan fingerprint density at radius 1 is 1.24 bits per heavy atom. The molecule has 0 bridgehead atoms. The second-order valence-electron chi connectivity index (χ2n) is 5.49. The van der Waals surface area contributed by atoms with Crippen molar-refractivity contribution in [3.63, 3.8) is 0 Å². The van der Waals surface area contributed by atoms with E-state index in [0.717, 1.165) is 18.5 Å². The number of aromatic amines is 1. The molecule has 1 heterocycles. The van der Waals surface area contributed by atoms with Gasteiger partial charge in [-0.2, -0.15) is 5.10 Å². The van der Waals surface area contributed by atoms with Crippen molar-refractivity contribution in [3.05, 3.63) is 45.7 Å². The zero-order chi connectivity index (χ0) is 18.4. The van der Waals surface area contributed by atoms with Gasteiger partial charge in [0.25, 0.3) is 5.91 Å². The molecule has 2 N–H and O–H groups in total.